The average molecular weight is 208 g/mol. The van der Waals surface area contributed by atoms with E-state index in [4.69, 9.17) is 5.73 Å². The van der Waals surface area contributed by atoms with Gasteiger partial charge in [0.1, 0.15) is 0 Å². The number of aromatic nitrogens is 2. The van der Waals surface area contributed by atoms with Gasteiger partial charge in [0.15, 0.2) is 0 Å². The van der Waals surface area contributed by atoms with Gasteiger partial charge in [-0.1, -0.05) is 0 Å². The first-order chi connectivity index (χ1) is 7.25. The summed E-state index contributed by atoms with van der Waals surface area (Å²) in [5, 5.41) is 10.4. The number of rotatable bonds is 3. The molecule has 84 valence electrons. The number of nitrogens with two attached hydrogens (primary N) is 1. The molecule has 1 aromatic rings. The Bertz CT molecular complexity index is 275. The van der Waals surface area contributed by atoms with E-state index in [2.05, 4.69) is 22.4 Å². The summed E-state index contributed by atoms with van der Waals surface area (Å²) in [6, 6.07) is 1.42. The van der Waals surface area contributed by atoms with E-state index in [0.29, 0.717) is 18.1 Å². The Labute approximate surface area is 90.6 Å². The van der Waals surface area contributed by atoms with Crippen molar-refractivity contribution in [2.75, 3.05) is 0 Å². The lowest BCUT2D eigenvalue weighted by atomic mass is 9.91. The van der Waals surface area contributed by atoms with E-state index in [-0.39, 0.29) is 0 Å². The third kappa shape index (κ3) is 2.79. The summed E-state index contributed by atoms with van der Waals surface area (Å²) in [7, 11) is 0. The molecule has 1 heterocycles. The number of nitrogens with zero attached hydrogens (tertiary/aromatic N) is 1. The van der Waals surface area contributed by atoms with Crippen molar-refractivity contribution in [2.24, 2.45) is 5.73 Å². The minimum atomic E-state index is 0.378. The van der Waals surface area contributed by atoms with Crippen LogP contribution in [0.3, 0.4) is 0 Å². The summed E-state index contributed by atoms with van der Waals surface area (Å²) in [4.78, 5) is 0. The minimum absolute atomic E-state index is 0.378. The van der Waals surface area contributed by atoms with Gasteiger partial charge in [-0.15, -0.1) is 0 Å². The van der Waals surface area contributed by atoms with E-state index in [1.165, 1.54) is 18.4 Å². The molecule has 1 saturated carbocycles. The number of hydrogen-bond donors (Lipinski definition) is 3. The lowest BCUT2D eigenvalue weighted by molar-refractivity contribution is 0.322. The predicted molar refractivity (Wildman–Crippen MR) is 60.4 cm³/mol. The fraction of sp³-hybridized carbons (Fsp3) is 0.727. The van der Waals surface area contributed by atoms with E-state index in [9.17, 15) is 0 Å². The molecule has 15 heavy (non-hydrogen) atoms. The van der Waals surface area contributed by atoms with Crippen molar-refractivity contribution in [1.29, 1.82) is 0 Å². The van der Waals surface area contributed by atoms with Gasteiger partial charge in [-0.3, -0.25) is 5.10 Å². The summed E-state index contributed by atoms with van der Waals surface area (Å²) in [5.74, 6) is 0. The van der Waals surface area contributed by atoms with Gasteiger partial charge >= 0.3 is 0 Å². The van der Waals surface area contributed by atoms with Gasteiger partial charge in [-0.25, -0.2) is 0 Å². The molecule has 0 amide bonds. The zero-order chi connectivity index (χ0) is 10.7. The lowest BCUT2D eigenvalue weighted by Crippen LogP contribution is -2.38. The molecule has 1 aliphatic rings. The Kier molecular flexibility index (Phi) is 3.38. The summed E-state index contributed by atoms with van der Waals surface area (Å²) < 4.78 is 0. The Morgan fingerprint density at radius 1 is 1.47 bits per heavy atom. The Morgan fingerprint density at radius 3 is 2.80 bits per heavy atom. The van der Waals surface area contributed by atoms with Crippen LogP contribution < -0.4 is 11.1 Å². The topological polar surface area (TPSA) is 66.7 Å². The molecule has 4 N–H and O–H groups in total. The van der Waals surface area contributed by atoms with Gasteiger partial charge in [-0.2, -0.15) is 5.10 Å². The van der Waals surface area contributed by atoms with Gasteiger partial charge in [0, 0.05) is 29.9 Å². The second kappa shape index (κ2) is 4.77. The SMILES string of the molecule is CC(NC1CCC(N)CC1)c1cn[nH]c1. The molecule has 4 nitrogen and oxygen atoms in total. The van der Waals surface area contributed by atoms with Crippen LogP contribution in [0.4, 0.5) is 0 Å². The second-order valence-electron chi connectivity index (χ2n) is 4.53. The molecule has 1 atom stereocenters. The molecule has 0 spiro atoms. The first kappa shape index (κ1) is 10.6. The molecule has 0 radical (unpaired) electrons. The van der Waals surface area contributed by atoms with E-state index >= 15 is 0 Å². The highest BCUT2D eigenvalue weighted by Crippen LogP contribution is 2.20. The van der Waals surface area contributed by atoms with Crippen molar-refractivity contribution in [1.82, 2.24) is 15.5 Å². The number of hydrogen-bond acceptors (Lipinski definition) is 3. The molecule has 1 unspecified atom stereocenters. The van der Waals surface area contributed by atoms with Crippen LogP contribution in [0.1, 0.15) is 44.2 Å². The number of nitrogens with one attached hydrogen (secondary N) is 2. The molecular formula is C11H20N4. The van der Waals surface area contributed by atoms with Crippen LogP contribution in [0.15, 0.2) is 12.4 Å². The molecule has 0 saturated heterocycles. The third-order valence-corrected chi connectivity index (χ3v) is 3.28. The highest BCUT2D eigenvalue weighted by atomic mass is 15.1. The molecule has 4 heteroatoms. The number of aromatic amines is 1. The fourth-order valence-corrected chi connectivity index (χ4v) is 2.23. The molecule has 1 aromatic heterocycles. The molecule has 0 aliphatic heterocycles. The van der Waals surface area contributed by atoms with Gasteiger partial charge in [0.25, 0.3) is 0 Å². The quantitative estimate of drug-likeness (QED) is 0.702. The Morgan fingerprint density at radius 2 is 2.20 bits per heavy atom. The zero-order valence-corrected chi connectivity index (χ0v) is 9.24. The first-order valence-electron chi connectivity index (χ1n) is 5.76. The first-order valence-corrected chi connectivity index (χ1v) is 5.76. The van der Waals surface area contributed by atoms with Crippen molar-refractivity contribution >= 4 is 0 Å². The highest BCUT2D eigenvalue weighted by molar-refractivity contribution is 5.08. The van der Waals surface area contributed by atoms with E-state index < -0.39 is 0 Å². The van der Waals surface area contributed by atoms with Crippen molar-refractivity contribution < 1.29 is 0 Å². The molecular weight excluding hydrogens is 188 g/mol. The maximum absolute atomic E-state index is 5.88. The number of H-pyrrole nitrogens is 1. The van der Waals surface area contributed by atoms with Crippen LogP contribution >= 0.6 is 0 Å². The molecule has 1 fully saturated rings. The van der Waals surface area contributed by atoms with Crippen LogP contribution in [0.25, 0.3) is 0 Å². The van der Waals surface area contributed by atoms with Gasteiger partial charge in [0.05, 0.1) is 6.20 Å². The molecule has 0 aromatic carbocycles. The van der Waals surface area contributed by atoms with Crippen molar-refractivity contribution in [2.45, 2.75) is 50.7 Å². The normalized spacial score (nSPS) is 28.9. The van der Waals surface area contributed by atoms with Gasteiger partial charge < -0.3 is 11.1 Å². The monoisotopic (exact) mass is 208 g/mol. The predicted octanol–water partition coefficient (Wildman–Crippen LogP) is 1.33. The summed E-state index contributed by atoms with van der Waals surface area (Å²) in [6.07, 6.45) is 8.52. The Balaban J connectivity index is 1.82. The average Bonchev–Trinajstić information content (AvgIpc) is 2.74. The standard InChI is InChI=1S/C11H20N4/c1-8(9-6-13-14-7-9)15-11-4-2-10(12)3-5-11/h6-8,10-11,15H,2-5,12H2,1H3,(H,13,14). The van der Waals surface area contributed by atoms with Crippen molar-refractivity contribution in [3.63, 3.8) is 0 Å². The highest BCUT2D eigenvalue weighted by Gasteiger charge is 2.20. The maximum Gasteiger partial charge on any atom is 0.0534 e. The van der Waals surface area contributed by atoms with Gasteiger partial charge in [0.2, 0.25) is 0 Å². The molecule has 2 rings (SSSR count). The van der Waals surface area contributed by atoms with Crippen LogP contribution in [0.5, 0.6) is 0 Å². The fourth-order valence-electron chi connectivity index (χ4n) is 2.23. The van der Waals surface area contributed by atoms with E-state index in [1.807, 2.05) is 12.4 Å². The Hall–Kier alpha value is -0.870. The van der Waals surface area contributed by atoms with Crippen LogP contribution in [-0.2, 0) is 0 Å². The lowest BCUT2D eigenvalue weighted by Gasteiger charge is -2.29. The zero-order valence-electron chi connectivity index (χ0n) is 9.24. The summed E-state index contributed by atoms with van der Waals surface area (Å²) in [5.41, 5.74) is 7.11. The maximum atomic E-state index is 5.88. The summed E-state index contributed by atoms with van der Waals surface area (Å²) in [6.45, 7) is 2.18. The molecule has 0 bridgehead atoms. The van der Waals surface area contributed by atoms with Crippen LogP contribution in [0.2, 0.25) is 0 Å². The smallest absolute Gasteiger partial charge is 0.0534 e. The van der Waals surface area contributed by atoms with Crippen LogP contribution in [-0.4, -0.2) is 22.3 Å². The van der Waals surface area contributed by atoms with Gasteiger partial charge in [-0.05, 0) is 32.6 Å². The minimum Gasteiger partial charge on any atom is -0.328 e. The van der Waals surface area contributed by atoms with E-state index in [1.54, 1.807) is 0 Å². The van der Waals surface area contributed by atoms with Crippen LogP contribution in [0, 0.1) is 0 Å². The largest absolute Gasteiger partial charge is 0.328 e. The summed E-state index contributed by atoms with van der Waals surface area (Å²) >= 11 is 0. The van der Waals surface area contributed by atoms with Crippen molar-refractivity contribution in [3.05, 3.63) is 18.0 Å². The molecule has 1 aliphatic carbocycles. The van der Waals surface area contributed by atoms with Crippen molar-refractivity contribution in [3.8, 4) is 0 Å². The third-order valence-electron chi connectivity index (χ3n) is 3.28. The van der Waals surface area contributed by atoms with E-state index in [0.717, 1.165) is 12.8 Å². The second-order valence-corrected chi connectivity index (χ2v) is 4.53.